The summed E-state index contributed by atoms with van der Waals surface area (Å²) in [5.41, 5.74) is 2.81. The number of hydrogen-bond donors (Lipinski definition) is 1. The highest BCUT2D eigenvalue weighted by atomic mass is 32.2. The molecular weight excluding hydrogens is 380 g/mol. The van der Waals surface area contributed by atoms with Crippen molar-refractivity contribution in [2.75, 3.05) is 5.75 Å². The van der Waals surface area contributed by atoms with E-state index in [1.165, 1.54) is 0 Å². The van der Waals surface area contributed by atoms with Crippen LogP contribution in [0, 0.1) is 12.8 Å². The van der Waals surface area contributed by atoms with Gasteiger partial charge in [-0.05, 0) is 43.9 Å². The Morgan fingerprint density at radius 1 is 1.07 bits per heavy atom. The van der Waals surface area contributed by atoms with Gasteiger partial charge >= 0.3 is 0 Å². The molecule has 2 aromatic rings. The third kappa shape index (κ3) is 5.21. The van der Waals surface area contributed by atoms with E-state index in [9.17, 15) is 9.59 Å². The average Bonchev–Trinajstić information content (AvgIpc) is 3.11. The molecule has 29 heavy (non-hydrogen) atoms. The molecule has 2 amide bonds. The molecule has 154 valence electrons. The first-order valence-corrected chi connectivity index (χ1v) is 11.3. The van der Waals surface area contributed by atoms with Gasteiger partial charge in [-0.25, -0.2) is 0 Å². The van der Waals surface area contributed by atoms with Crippen LogP contribution in [0.15, 0.2) is 54.6 Å². The molecule has 1 N–H and O–H groups in total. The maximum atomic E-state index is 13.4. The van der Waals surface area contributed by atoms with Crippen molar-refractivity contribution in [3.63, 3.8) is 0 Å². The van der Waals surface area contributed by atoms with Crippen LogP contribution < -0.4 is 5.32 Å². The van der Waals surface area contributed by atoms with Gasteiger partial charge in [-0.15, -0.1) is 11.8 Å². The van der Waals surface area contributed by atoms with E-state index >= 15 is 0 Å². The largest absolute Gasteiger partial charge is 0.348 e. The summed E-state index contributed by atoms with van der Waals surface area (Å²) in [6.07, 6.45) is 0.875. The number of carbonyl (C=O) groups is 2. The predicted octanol–water partition coefficient (Wildman–Crippen LogP) is 4.80. The molecule has 1 saturated heterocycles. The zero-order valence-corrected chi connectivity index (χ0v) is 18.4. The normalized spacial score (nSPS) is 20.0. The van der Waals surface area contributed by atoms with Crippen molar-refractivity contribution in [2.24, 2.45) is 5.92 Å². The zero-order valence-electron chi connectivity index (χ0n) is 17.6. The second-order valence-corrected chi connectivity index (χ2v) is 9.36. The Morgan fingerprint density at radius 3 is 2.34 bits per heavy atom. The molecule has 1 fully saturated rings. The summed E-state index contributed by atoms with van der Waals surface area (Å²) >= 11 is 1.71. The summed E-state index contributed by atoms with van der Waals surface area (Å²) in [5, 5.41) is 3.13. The van der Waals surface area contributed by atoms with Crippen LogP contribution in [0.4, 0.5) is 0 Å². The van der Waals surface area contributed by atoms with Gasteiger partial charge < -0.3 is 10.2 Å². The SMILES string of the molecule is Cc1ccc(C(=O)N2C(CC(C)C)SCC2C(=O)NC(C)c2ccccc2)cc1. The van der Waals surface area contributed by atoms with Crippen molar-refractivity contribution in [3.05, 3.63) is 71.3 Å². The van der Waals surface area contributed by atoms with E-state index in [1.807, 2.05) is 73.3 Å². The molecule has 0 aromatic heterocycles. The molecule has 0 aliphatic carbocycles. The van der Waals surface area contributed by atoms with Crippen LogP contribution in [0.2, 0.25) is 0 Å². The number of thioether (sulfide) groups is 1. The van der Waals surface area contributed by atoms with E-state index < -0.39 is 6.04 Å². The molecule has 0 saturated carbocycles. The molecule has 3 unspecified atom stereocenters. The highest BCUT2D eigenvalue weighted by Gasteiger charge is 2.42. The molecule has 0 spiro atoms. The summed E-state index contributed by atoms with van der Waals surface area (Å²) in [7, 11) is 0. The Labute approximate surface area is 178 Å². The summed E-state index contributed by atoms with van der Waals surface area (Å²) in [6.45, 7) is 8.29. The van der Waals surface area contributed by atoms with Crippen molar-refractivity contribution >= 4 is 23.6 Å². The Balaban J connectivity index is 1.80. The average molecular weight is 411 g/mol. The molecule has 0 radical (unpaired) electrons. The fourth-order valence-corrected chi connectivity index (χ4v) is 5.24. The molecular formula is C24H30N2O2S. The van der Waals surface area contributed by atoms with Crippen LogP contribution in [0.3, 0.4) is 0 Å². The van der Waals surface area contributed by atoms with E-state index in [0.717, 1.165) is 17.5 Å². The maximum Gasteiger partial charge on any atom is 0.255 e. The topological polar surface area (TPSA) is 49.4 Å². The highest BCUT2D eigenvalue weighted by molar-refractivity contribution is 8.00. The van der Waals surface area contributed by atoms with Crippen LogP contribution in [0.1, 0.15) is 54.7 Å². The quantitative estimate of drug-likeness (QED) is 0.744. The second kappa shape index (κ2) is 9.49. The van der Waals surface area contributed by atoms with Crippen LogP contribution in [0.5, 0.6) is 0 Å². The van der Waals surface area contributed by atoms with Crippen molar-refractivity contribution < 1.29 is 9.59 Å². The first-order chi connectivity index (χ1) is 13.9. The lowest BCUT2D eigenvalue weighted by atomic mass is 10.1. The van der Waals surface area contributed by atoms with Gasteiger partial charge in [0.2, 0.25) is 5.91 Å². The van der Waals surface area contributed by atoms with Crippen LogP contribution >= 0.6 is 11.8 Å². The zero-order chi connectivity index (χ0) is 21.0. The van der Waals surface area contributed by atoms with E-state index in [2.05, 4.69) is 19.2 Å². The number of rotatable bonds is 6. The molecule has 4 nitrogen and oxygen atoms in total. The van der Waals surface area contributed by atoms with Crippen LogP contribution in [0.25, 0.3) is 0 Å². The predicted molar refractivity (Wildman–Crippen MR) is 120 cm³/mol. The smallest absolute Gasteiger partial charge is 0.255 e. The summed E-state index contributed by atoms with van der Waals surface area (Å²) in [4.78, 5) is 28.3. The molecule has 0 bridgehead atoms. The third-order valence-corrected chi connectivity index (χ3v) is 6.57. The van der Waals surface area contributed by atoms with Gasteiger partial charge in [0.05, 0.1) is 11.4 Å². The molecule has 1 aliphatic rings. The highest BCUT2D eigenvalue weighted by Crippen LogP contribution is 2.35. The van der Waals surface area contributed by atoms with E-state index in [0.29, 0.717) is 17.2 Å². The van der Waals surface area contributed by atoms with Crippen LogP contribution in [-0.4, -0.2) is 33.9 Å². The molecule has 1 aliphatic heterocycles. The number of aryl methyl sites for hydroxylation is 1. The molecule has 5 heteroatoms. The number of amides is 2. The summed E-state index contributed by atoms with van der Waals surface area (Å²) in [6, 6.07) is 17.0. The van der Waals surface area contributed by atoms with Crippen molar-refractivity contribution in [3.8, 4) is 0 Å². The van der Waals surface area contributed by atoms with Crippen molar-refractivity contribution in [2.45, 2.75) is 51.6 Å². The first-order valence-electron chi connectivity index (χ1n) is 10.2. The number of benzene rings is 2. The Bertz CT molecular complexity index is 836. The van der Waals surface area contributed by atoms with Crippen molar-refractivity contribution in [1.82, 2.24) is 10.2 Å². The number of nitrogens with zero attached hydrogens (tertiary/aromatic N) is 1. The van der Waals surface area contributed by atoms with Crippen LogP contribution in [-0.2, 0) is 4.79 Å². The number of nitrogens with one attached hydrogen (secondary N) is 1. The van der Waals surface area contributed by atoms with E-state index in [4.69, 9.17) is 0 Å². The van der Waals surface area contributed by atoms with E-state index in [1.54, 1.807) is 11.8 Å². The van der Waals surface area contributed by atoms with Gasteiger partial charge in [0, 0.05) is 11.3 Å². The van der Waals surface area contributed by atoms with Gasteiger partial charge in [-0.2, -0.15) is 0 Å². The molecule has 3 atom stereocenters. The van der Waals surface area contributed by atoms with Gasteiger partial charge in [-0.1, -0.05) is 61.9 Å². The Kier molecular flexibility index (Phi) is 7.01. The van der Waals surface area contributed by atoms with E-state index in [-0.39, 0.29) is 23.2 Å². The number of carbonyl (C=O) groups excluding carboxylic acids is 2. The minimum atomic E-state index is -0.455. The summed E-state index contributed by atoms with van der Waals surface area (Å²) < 4.78 is 0. The molecule has 2 aromatic carbocycles. The lowest BCUT2D eigenvalue weighted by Crippen LogP contribution is -2.50. The van der Waals surface area contributed by atoms with Crippen molar-refractivity contribution in [1.29, 1.82) is 0 Å². The molecule has 3 rings (SSSR count). The van der Waals surface area contributed by atoms with Gasteiger partial charge in [0.1, 0.15) is 6.04 Å². The third-order valence-electron chi connectivity index (χ3n) is 5.26. The standard InChI is InChI=1S/C24H30N2O2S/c1-16(2)14-22-26(24(28)20-12-10-17(3)11-13-20)21(15-29-22)23(27)25-18(4)19-8-6-5-7-9-19/h5-13,16,18,21-22H,14-15H2,1-4H3,(H,25,27). The Hall–Kier alpha value is -2.27. The monoisotopic (exact) mass is 410 g/mol. The fourth-order valence-electron chi connectivity index (χ4n) is 3.60. The van der Waals surface area contributed by atoms with Gasteiger partial charge in [-0.3, -0.25) is 9.59 Å². The Morgan fingerprint density at radius 2 is 1.72 bits per heavy atom. The minimum absolute atomic E-state index is 0.0200. The van der Waals surface area contributed by atoms with Gasteiger partial charge in [0.25, 0.3) is 5.91 Å². The lowest BCUT2D eigenvalue weighted by molar-refractivity contribution is -0.125. The fraction of sp³-hybridized carbons (Fsp3) is 0.417. The first kappa shape index (κ1) is 21.4. The maximum absolute atomic E-state index is 13.4. The minimum Gasteiger partial charge on any atom is -0.348 e. The molecule has 1 heterocycles. The van der Waals surface area contributed by atoms with Gasteiger partial charge in [0.15, 0.2) is 0 Å². The number of hydrogen-bond acceptors (Lipinski definition) is 3. The lowest BCUT2D eigenvalue weighted by Gasteiger charge is -2.30. The summed E-state index contributed by atoms with van der Waals surface area (Å²) in [5.74, 6) is 0.933. The second-order valence-electron chi connectivity index (χ2n) is 8.15.